The van der Waals surface area contributed by atoms with Crippen LogP contribution in [0, 0.1) is 0 Å². The number of rotatable bonds is 8. The predicted molar refractivity (Wildman–Crippen MR) is 172 cm³/mol. The number of pyridine rings is 1. The van der Waals surface area contributed by atoms with E-state index < -0.39 is 11.7 Å². The maximum absolute atomic E-state index is 12.9. The molecule has 0 spiro atoms. The fourth-order valence-electron chi connectivity index (χ4n) is 4.25. The Morgan fingerprint density at radius 3 is 2.25 bits per heavy atom. The van der Waals surface area contributed by atoms with Gasteiger partial charge in [0.15, 0.2) is 11.4 Å². The molecule has 0 bridgehead atoms. The van der Waals surface area contributed by atoms with Crippen LogP contribution in [-0.4, -0.2) is 32.6 Å². The van der Waals surface area contributed by atoms with Gasteiger partial charge in [-0.3, -0.25) is 10.1 Å². The van der Waals surface area contributed by atoms with Crippen LogP contribution < -0.4 is 20.7 Å². The Kier molecular flexibility index (Phi) is 8.71. The summed E-state index contributed by atoms with van der Waals surface area (Å²) in [5.41, 5.74) is 3.11. The molecule has 0 aliphatic carbocycles. The van der Waals surface area contributed by atoms with E-state index in [9.17, 15) is 9.59 Å². The van der Waals surface area contributed by atoms with Crippen LogP contribution in [0.2, 0.25) is 0 Å². The molecule has 0 aliphatic heterocycles. The minimum atomic E-state index is -0.606. The van der Waals surface area contributed by atoms with Crippen molar-refractivity contribution in [3.63, 3.8) is 0 Å². The first kappa shape index (κ1) is 30.0. The van der Waals surface area contributed by atoms with Crippen molar-refractivity contribution in [3.05, 3.63) is 103 Å². The number of ether oxygens (including phenoxy) is 2. The van der Waals surface area contributed by atoms with Gasteiger partial charge in [-0.05, 0) is 93.4 Å². The molecular formula is C34H34N6O4. The van der Waals surface area contributed by atoms with Gasteiger partial charge in [0, 0.05) is 22.6 Å². The van der Waals surface area contributed by atoms with Gasteiger partial charge in [0.05, 0.1) is 11.1 Å². The number of amides is 2. The highest BCUT2D eigenvalue weighted by atomic mass is 16.6. The normalized spacial score (nSPS) is 11.2. The summed E-state index contributed by atoms with van der Waals surface area (Å²) in [6, 6.07) is 25.1. The number of benzene rings is 3. The van der Waals surface area contributed by atoms with Crippen molar-refractivity contribution in [2.24, 2.45) is 0 Å². The molecule has 0 unspecified atom stereocenters. The molecule has 10 heteroatoms. The van der Waals surface area contributed by atoms with Gasteiger partial charge in [-0.1, -0.05) is 32.0 Å². The van der Waals surface area contributed by atoms with Crippen LogP contribution in [0.15, 0.2) is 91.3 Å². The largest absolute Gasteiger partial charge is 0.455 e. The first-order valence-corrected chi connectivity index (χ1v) is 14.2. The quantitative estimate of drug-likeness (QED) is 0.165. The van der Waals surface area contributed by atoms with Crippen LogP contribution in [0.1, 0.15) is 56.6 Å². The molecule has 224 valence electrons. The maximum atomic E-state index is 12.9. The first-order valence-electron chi connectivity index (χ1n) is 14.2. The Morgan fingerprint density at radius 2 is 1.55 bits per heavy atom. The molecule has 44 heavy (non-hydrogen) atoms. The van der Waals surface area contributed by atoms with E-state index in [1.54, 1.807) is 75.4 Å². The highest BCUT2D eigenvalue weighted by molar-refractivity contribution is 6.04. The van der Waals surface area contributed by atoms with E-state index in [1.807, 2.05) is 30.3 Å². The fourth-order valence-corrected chi connectivity index (χ4v) is 4.25. The molecule has 3 aromatic carbocycles. The van der Waals surface area contributed by atoms with Gasteiger partial charge in [0.2, 0.25) is 0 Å². The van der Waals surface area contributed by atoms with Crippen molar-refractivity contribution in [2.75, 3.05) is 16.0 Å². The van der Waals surface area contributed by atoms with Crippen molar-refractivity contribution in [1.29, 1.82) is 0 Å². The summed E-state index contributed by atoms with van der Waals surface area (Å²) in [5.74, 6) is 1.55. The average molecular weight is 591 g/mol. The topological polar surface area (TPSA) is 127 Å². The Labute approximate surface area is 255 Å². The fraction of sp³-hybridized carbons (Fsp3) is 0.206. The smallest absolute Gasteiger partial charge is 0.412 e. The zero-order chi connectivity index (χ0) is 31.3. The van der Waals surface area contributed by atoms with Gasteiger partial charge in [-0.15, -0.1) is 0 Å². The molecule has 5 rings (SSSR count). The third-order valence-corrected chi connectivity index (χ3v) is 6.36. The van der Waals surface area contributed by atoms with E-state index in [4.69, 9.17) is 9.47 Å². The molecule has 2 amide bonds. The standard InChI is InChI=1S/C34H34N6O4/c1-21(2)27-17-16-26-30(39-27)35-20-36-31(26)40-28-19-24(37-32(41)22-9-7-6-8-10-22)13-18-29(28)43-25-14-11-23(12-15-25)38-33(42)44-34(3,4)5/h6-21H,1-5H3,(H,37,41)(H,38,42)(H,35,36,39,40). The summed E-state index contributed by atoms with van der Waals surface area (Å²) >= 11 is 0. The number of fused-ring (bicyclic) bond motifs is 1. The number of anilines is 4. The third kappa shape index (κ3) is 7.65. The number of hydrogen-bond donors (Lipinski definition) is 3. The molecule has 2 heterocycles. The van der Waals surface area contributed by atoms with Crippen LogP contribution in [0.5, 0.6) is 11.5 Å². The first-order chi connectivity index (χ1) is 21.0. The number of hydrogen-bond acceptors (Lipinski definition) is 8. The second kappa shape index (κ2) is 12.8. The summed E-state index contributed by atoms with van der Waals surface area (Å²) in [6.07, 6.45) is 0.914. The van der Waals surface area contributed by atoms with Gasteiger partial charge in [-0.25, -0.2) is 19.7 Å². The number of nitrogens with one attached hydrogen (secondary N) is 3. The van der Waals surface area contributed by atoms with Crippen LogP contribution >= 0.6 is 0 Å². The lowest BCUT2D eigenvalue weighted by molar-refractivity contribution is 0.0635. The highest BCUT2D eigenvalue weighted by Crippen LogP contribution is 2.36. The van der Waals surface area contributed by atoms with Crippen molar-refractivity contribution < 1.29 is 19.1 Å². The number of aromatic nitrogens is 3. The highest BCUT2D eigenvalue weighted by Gasteiger charge is 2.17. The Hall–Kier alpha value is -5.51. The van der Waals surface area contributed by atoms with Crippen LogP contribution in [0.4, 0.5) is 27.7 Å². The number of carbonyl (C=O) groups excluding carboxylic acids is 2. The lowest BCUT2D eigenvalue weighted by Crippen LogP contribution is -2.27. The van der Waals surface area contributed by atoms with E-state index in [-0.39, 0.29) is 11.8 Å². The molecule has 0 atom stereocenters. The molecule has 0 radical (unpaired) electrons. The van der Waals surface area contributed by atoms with Gasteiger partial charge in [0.1, 0.15) is 23.5 Å². The molecule has 3 N–H and O–H groups in total. The summed E-state index contributed by atoms with van der Waals surface area (Å²) in [7, 11) is 0. The predicted octanol–water partition coefficient (Wildman–Crippen LogP) is 8.28. The molecule has 0 saturated carbocycles. The molecule has 5 aromatic rings. The summed E-state index contributed by atoms with van der Waals surface area (Å²) in [4.78, 5) is 38.5. The van der Waals surface area contributed by atoms with E-state index in [0.29, 0.717) is 45.6 Å². The molecule has 0 fully saturated rings. The van der Waals surface area contributed by atoms with Crippen molar-refractivity contribution >= 4 is 45.9 Å². The Bertz CT molecular complexity index is 1780. The summed E-state index contributed by atoms with van der Waals surface area (Å²) < 4.78 is 11.6. The Morgan fingerprint density at radius 1 is 0.818 bits per heavy atom. The van der Waals surface area contributed by atoms with Crippen molar-refractivity contribution in [2.45, 2.75) is 46.1 Å². The SMILES string of the molecule is CC(C)c1ccc2c(Nc3cc(NC(=O)c4ccccc4)ccc3Oc3ccc(NC(=O)OC(C)(C)C)cc3)ncnc2n1. The molecular weight excluding hydrogens is 556 g/mol. The van der Waals surface area contributed by atoms with E-state index >= 15 is 0 Å². The van der Waals surface area contributed by atoms with Crippen LogP contribution in [0.3, 0.4) is 0 Å². The van der Waals surface area contributed by atoms with Gasteiger partial charge < -0.3 is 20.1 Å². The monoisotopic (exact) mass is 590 g/mol. The molecule has 0 saturated heterocycles. The van der Waals surface area contributed by atoms with Crippen LogP contribution in [-0.2, 0) is 4.74 Å². The van der Waals surface area contributed by atoms with Crippen molar-refractivity contribution in [1.82, 2.24) is 15.0 Å². The summed E-state index contributed by atoms with van der Waals surface area (Å²) in [6.45, 7) is 9.56. The molecule has 0 aliphatic rings. The second-order valence-electron chi connectivity index (χ2n) is 11.4. The molecule has 10 nitrogen and oxygen atoms in total. The van der Waals surface area contributed by atoms with Crippen molar-refractivity contribution in [3.8, 4) is 11.5 Å². The average Bonchev–Trinajstić information content (AvgIpc) is 2.98. The second-order valence-corrected chi connectivity index (χ2v) is 11.4. The molecule has 2 aromatic heterocycles. The lowest BCUT2D eigenvalue weighted by atomic mass is 10.1. The van der Waals surface area contributed by atoms with E-state index in [2.05, 4.69) is 44.7 Å². The van der Waals surface area contributed by atoms with Gasteiger partial charge in [0.25, 0.3) is 5.91 Å². The summed E-state index contributed by atoms with van der Waals surface area (Å²) in [5, 5.41) is 9.75. The van der Waals surface area contributed by atoms with Gasteiger partial charge in [-0.2, -0.15) is 0 Å². The number of nitrogens with zero attached hydrogens (tertiary/aromatic N) is 3. The zero-order valence-corrected chi connectivity index (χ0v) is 25.2. The lowest BCUT2D eigenvalue weighted by Gasteiger charge is -2.19. The van der Waals surface area contributed by atoms with E-state index in [1.165, 1.54) is 6.33 Å². The third-order valence-electron chi connectivity index (χ3n) is 6.36. The zero-order valence-electron chi connectivity index (χ0n) is 25.2. The van der Waals surface area contributed by atoms with E-state index in [0.717, 1.165) is 11.1 Å². The maximum Gasteiger partial charge on any atom is 0.412 e. The Balaban J connectivity index is 1.43. The minimum absolute atomic E-state index is 0.240. The number of carbonyl (C=O) groups is 2. The van der Waals surface area contributed by atoms with Crippen LogP contribution in [0.25, 0.3) is 11.0 Å². The minimum Gasteiger partial charge on any atom is -0.455 e. The van der Waals surface area contributed by atoms with Gasteiger partial charge >= 0.3 is 6.09 Å².